The normalized spacial score (nSPS) is 25.0. The molecule has 4 rings (SSSR count). The molecule has 0 aromatic heterocycles. The summed E-state index contributed by atoms with van der Waals surface area (Å²) in [6.45, 7) is 5.46. The van der Waals surface area contributed by atoms with Gasteiger partial charge in [-0.3, -0.25) is 24.1 Å². The number of imide groups is 1. The van der Waals surface area contributed by atoms with Crippen LogP contribution in [0.1, 0.15) is 67.9 Å². The predicted octanol–water partition coefficient (Wildman–Crippen LogP) is 5.63. The van der Waals surface area contributed by atoms with Crippen molar-refractivity contribution in [2.24, 2.45) is 17.8 Å². The van der Waals surface area contributed by atoms with Crippen molar-refractivity contribution in [2.75, 3.05) is 0 Å². The zero-order valence-corrected chi connectivity index (χ0v) is 23.5. The van der Waals surface area contributed by atoms with E-state index in [-0.39, 0.29) is 34.4 Å². The SMILES string of the molecule is CC(C)[C@@H]1CC[C@@H](C)C[C@H]1OC(=O)[C@@]1(CC(=O)O)C(=O)N(Cc2ccc(Br)cc2F)C(=O)c2ccc(F)cc21. The van der Waals surface area contributed by atoms with Gasteiger partial charge in [0.1, 0.15) is 17.7 Å². The third-order valence-corrected chi connectivity index (χ3v) is 8.35. The molecule has 1 aliphatic heterocycles. The summed E-state index contributed by atoms with van der Waals surface area (Å²) in [5.41, 5.74) is -3.14. The number of carboxylic acid groups (broad SMARTS) is 1. The number of esters is 1. The number of rotatable bonds is 7. The maximum Gasteiger partial charge on any atom is 0.327 e. The molecule has 208 valence electrons. The number of fused-ring (bicyclic) bond motifs is 1. The van der Waals surface area contributed by atoms with E-state index in [1.54, 1.807) is 0 Å². The summed E-state index contributed by atoms with van der Waals surface area (Å²) in [5, 5.41) is 9.87. The van der Waals surface area contributed by atoms with Crippen LogP contribution in [0.5, 0.6) is 0 Å². The van der Waals surface area contributed by atoms with Gasteiger partial charge in [-0.25, -0.2) is 8.78 Å². The fraction of sp³-hybridized carbons (Fsp3) is 0.448. The number of carbonyl (C=O) groups excluding carboxylic acids is 3. The zero-order valence-electron chi connectivity index (χ0n) is 21.9. The average molecular weight is 606 g/mol. The molecule has 0 bridgehead atoms. The molecule has 4 atom stereocenters. The fourth-order valence-corrected chi connectivity index (χ4v) is 6.09. The molecule has 0 radical (unpaired) electrons. The van der Waals surface area contributed by atoms with Gasteiger partial charge < -0.3 is 9.84 Å². The van der Waals surface area contributed by atoms with Crippen molar-refractivity contribution >= 4 is 39.7 Å². The van der Waals surface area contributed by atoms with Gasteiger partial charge in [-0.2, -0.15) is 0 Å². The number of ether oxygens (including phenoxy) is 1. The first-order valence-corrected chi connectivity index (χ1v) is 13.7. The summed E-state index contributed by atoms with van der Waals surface area (Å²) in [5.74, 6) is -5.95. The average Bonchev–Trinajstić information content (AvgIpc) is 2.85. The lowest BCUT2D eigenvalue weighted by Crippen LogP contribution is -2.60. The Bertz CT molecular complexity index is 1330. The first-order chi connectivity index (χ1) is 18.3. The summed E-state index contributed by atoms with van der Waals surface area (Å²) in [6.07, 6.45) is 0.587. The third kappa shape index (κ3) is 5.48. The van der Waals surface area contributed by atoms with Gasteiger partial charge in [-0.05, 0) is 66.5 Å². The van der Waals surface area contributed by atoms with Crippen molar-refractivity contribution in [2.45, 2.75) is 64.5 Å². The molecule has 2 amide bonds. The second-order valence-corrected chi connectivity index (χ2v) is 11.8. The molecule has 10 heteroatoms. The van der Waals surface area contributed by atoms with Crippen molar-refractivity contribution in [1.29, 1.82) is 0 Å². The van der Waals surface area contributed by atoms with Gasteiger partial charge in [0, 0.05) is 15.6 Å². The van der Waals surface area contributed by atoms with Crippen molar-refractivity contribution in [3.8, 4) is 0 Å². The Labute approximate surface area is 233 Å². The molecule has 1 saturated carbocycles. The standard InChI is InChI=1S/C29H30BrF2NO6/c1-15(2)20-8-4-16(3)10-24(20)39-28(38)29(13-25(34)35)22-12-19(31)7-9-21(22)26(36)33(27(29)37)14-17-5-6-18(30)11-23(17)32/h5-7,9,11-12,15-16,20,24H,4,8,10,13-14H2,1-3H3,(H,34,35)/t16-,20+,24-,29-/m1/s1. The monoisotopic (exact) mass is 605 g/mol. The maximum atomic E-state index is 14.7. The molecule has 1 heterocycles. The largest absolute Gasteiger partial charge is 0.481 e. The van der Waals surface area contributed by atoms with E-state index < -0.39 is 59.9 Å². The van der Waals surface area contributed by atoms with E-state index in [0.29, 0.717) is 15.8 Å². The maximum absolute atomic E-state index is 14.7. The lowest BCUT2D eigenvalue weighted by atomic mass is 9.70. The highest BCUT2D eigenvalue weighted by atomic mass is 79.9. The number of nitrogens with zero attached hydrogens (tertiary/aromatic N) is 1. The van der Waals surface area contributed by atoms with Crippen LogP contribution in [0.25, 0.3) is 0 Å². The lowest BCUT2D eigenvalue weighted by molar-refractivity contribution is -0.171. The first kappa shape index (κ1) is 28.9. The molecule has 39 heavy (non-hydrogen) atoms. The molecule has 0 spiro atoms. The van der Waals surface area contributed by atoms with E-state index in [2.05, 4.69) is 15.9 Å². The number of carbonyl (C=O) groups is 4. The van der Waals surface area contributed by atoms with Gasteiger partial charge in [0.25, 0.3) is 11.8 Å². The van der Waals surface area contributed by atoms with Crippen molar-refractivity contribution in [3.05, 3.63) is 69.2 Å². The van der Waals surface area contributed by atoms with Crippen LogP contribution in [-0.4, -0.2) is 39.9 Å². The fourth-order valence-electron chi connectivity index (χ4n) is 5.76. The smallest absolute Gasteiger partial charge is 0.327 e. The molecule has 2 aromatic carbocycles. The molecule has 0 unspecified atom stereocenters. The molecule has 1 fully saturated rings. The second-order valence-electron chi connectivity index (χ2n) is 10.9. The van der Waals surface area contributed by atoms with Gasteiger partial charge in [0.05, 0.1) is 13.0 Å². The molecule has 7 nitrogen and oxygen atoms in total. The summed E-state index contributed by atoms with van der Waals surface area (Å²) < 4.78 is 35.6. The van der Waals surface area contributed by atoms with E-state index in [4.69, 9.17) is 4.74 Å². The first-order valence-electron chi connectivity index (χ1n) is 12.9. The van der Waals surface area contributed by atoms with Gasteiger partial charge in [-0.1, -0.05) is 49.2 Å². The summed E-state index contributed by atoms with van der Waals surface area (Å²) in [4.78, 5) is 54.4. The van der Waals surface area contributed by atoms with E-state index in [1.165, 1.54) is 12.1 Å². The van der Waals surface area contributed by atoms with Gasteiger partial charge in [-0.15, -0.1) is 0 Å². The van der Waals surface area contributed by atoms with Crippen LogP contribution in [0.15, 0.2) is 40.9 Å². The summed E-state index contributed by atoms with van der Waals surface area (Å²) >= 11 is 3.15. The molecule has 2 aliphatic rings. The van der Waals surface area contributed by atoms with Gasteiger partial charge in [0.15, 0.2) is 5.41 Å². The van der Waals surface area contributed by atoms with Crippen molar-refractivity contribution < 1.29 is 37.8 Å². The molecule has 0 saturated heterocycles. The minimum atomic E-state index is -2.54. The van der Waals surface area contributed by atoms with Crippen molar-refractivity contribution in [3.63, 3.8) is 0 Å². The van der Waals surface area contributed by atoms with E-state index in [9.17, 15) is 33.1 Å². The highest BCUT2D eigenvalue weighted by Gasteiger charge is 2.59. The van der Waals surface area contributed by atoms with Gasteiger partial charge in [0.2, 0.25) is 0 Å². The van der Waals surface area contributed by atoms with E-state index in [0.717, 1.165) is 37.1 Å². The Kier molecular flexibility index (Phi) is 8.25. The number of carboxylic acids is 1. The number of hydrogen-bond donors (Lipinski definition) is 1. The molecule has 1 N–H and O–H groups in total. The van der Waals surface area contributed by atoms with Crippen LogP contribution < -0.4 is 0 Å². The number of amides is 2. The Morgan fingerprint density at radius 1 is 1.15 bits per heavy atom. The summed E-state index contributed by atoms with van der Waals surface area (Å²) in [7, 11) is 0. The minimum absolute atomic E-state index is 0.0210. The van der Waals surface area contributed by atoms with Crippen molar-refractivity contribution in [1.82, 2.24) is 4.90 Å². The second kappa shape index (κ2) is 11.2. The molecular weight excluding hydrogens is 576 g/mol. The Morgan fingerprint density at radius 3 is 2.51 bits per heavy atom. The predicted molar refractivity (Wildman–Crippen MR) is 141 cm³/mol. The van der Waals surface area contributed by atoms with E-state index in [1.807, 2.05) is 20.8 Å². The molecule has 2 aromatic rings. The van der Waals surface area contributed by atoms with Crippen LogP contribution in [0.3, 0.4) is 0 Å². The van der Waals surface area contributed by atoms with Gasteiger partial charge >= 0.3 is 11.9 Å². The lowest BCUT2D eigenvalue weighted by Gasteiger charge is -2.42. The van der Waals surface area contributed by atoms with Crippen LogP contribution in [0.4, 0.5) is 8.78 Å². The number of halogens is 3. The third-order valence-electron chi connectivity index (χ3n) is 7.86. The Hall–Kier alpha value is -3.14. The van der Waals surface area contributed by atoms with Crippen LogP contribution in [0.2, 0.25) is 0 Å². The summed E-state index contributed by atoms with van der Waals surface area (Å²) in [6, 6.07) is 6.99. The van der Waals surface area contributed by atoms with Crippen LogP contribution in [0, 0.1) is 29.4 Å². The molecule has 1 aliphatic carbocycles. The zero-order chi connectivity index (χ0) is 28.6. The topological polar surface area (TPSA) is 101 Å². The number of aliphatic carboxylic acids is 1. The number of hydrogen-bond acceptors (Lipinski definition) is 5. The Balaban J connectivity index is 1.85. The quantitative estimate of drug-likeness (QED) is 0.249. The Morgan fingerprint density at radius 2 is 1.87 bits per heavy atom. The van der Waals surface area contributed by atoms with Crippen LogP contribution >= 0.6 is 15.9 Å². The molecular formula is C29H30BrF2NO6. The van der Waals surface area contributed by atoms with Crippen LogP contribution in [-0.2, 0) is 31.1 Å². The highest BCUT2D eigenvalue weighted by molar-refractivity contribution is 9.10. The van der Waals surface area contributed by atoms with E-state index >= 15 is 0 Å². The minimum Gasteiger partial charge on any atom is -0.481 e. The number of benzene rings is 2. The highest BCUT2D eigenvalue weighted by Crippen LogP contribution is 2.43.